The maximum atomic E-state index is 12.7. The summed E-state index contributed by atoms with van der Waals surface area (Å²) in [6, 6.07) is 5.67. The summed E-state index contributed by atoms with van der Waals surface area (Å²) in [5, 5.41) is 13.8. The molecule has 0 bridgehead atoms. The van der Waals surface area contributed by atoms with Gasteiger partial charge in [-0.15, -0.1) is 0 Å². The smallest absolute Gasteiger partial charge is 0.310 e. The first-order valence-electron chi connectivity index (χ1n) is 8.94. The average molecular weight is 362 g/mol. The van der Waals surface area contributed by atoms with Crippen molar-refractivity contribution < 1.29 is 19.2 Å². The summed E-state index contributed by atoms with van der Waals surface area (Å²) in [7, 11) is 0. The molecule has 0 aromatic heterocycles. The van der Waals surface area contributed by atoms with Crippen molar-refractivity contribution in [1.82, 2.24) is 5.32 Å². The highest BCUT2D eigenvalue weighted by Gasteiger charge is 2.32. The molecule has 26 heavy (non-hydrogen) atoms. The number of rotatable bonds is 5. The largest absolute Gasteiger partial charge is 0.447 e. The minimum atomic E-state index is -1.21. The molecular weight excluding hydrogens is 336 g/mol. The van der Waals surface area contributed by atoms with E-state index < -0.39 is 28.4 Å². The zero-order valence-corrected chi connectivity index (χ0v) is 15.5. The lowest BCUT2D eigenvalue weighted by Crippen LogP contribution is -2.44. The number of non-ortho nitro benzene ring substituents is 1. The minimum Gasteiger partial charge on any atom is -0.447 e. The van der Waals surface area contributed by atoms with Crippen molar-refractivity contribution in [2.75, 3.05) is 0 Å². The Hall–Kier alpha value is -2.44. The summed E-state index contributed by atoms with van der Waals surface area (Å²) in [5.41, 5.74) is -0.373. The van der Waals surface area contributed by atoms with Crippen LogP contribution in [0.2, 0.25) is 0 Å². The lowest BCUT2D eigenvalue weighted by molar-refractivity contribution is -0.385. The summed E-state index contributed by atoms with van der Waals surface area (Å²) in [5.74, 6) is -1.11. The highest BCUT2D eigenvalue weighted by Crippen LogP contribution is 2.29. The molecule has 1 aromatic carbocycles. The second kappa shape index (κ2) is 8.29. The van der Waals surface area contributed by atoms with E-state index in [4.69, 9.17) is 4.74 Å². The van der Waals surface area contributed by atoms with Crippen molar-refractivity contribution in [3.63, 3.8) is 0 Å². The van der Waals surface area contributed by atoms with Gasteiger partial charge in [0.05, 0.1) is 10.8 Å². The number of carbonyl (C=O) groups is 2. The lowest BCUT2D eigenvalue weighted by atomic mass is 9.89. The Morgan fingerprint density at radius 2 is 1.88 bits per heavy atom. The number of esters is 1. The maximum Gasteiger partial charge on any atom is 0.310 e. The van der Waals surface area contributed by atoms with E-state index in [9.17, 15) is 19.7 Å². The highest BCUT2D eigenvalue weighted by atomic mass is 16.6. The molecule has 1 aromatic rings. The van der Waals surface area contributed by atoms with Crippen LogP contribution in [-0.2, 0) is 14.3 Å². The van der Waals surface area contributed by atoms with E-state index in [1.54, 1.807) is 6.07 Å². The van der Waals surface area contributed by atoms with Gasteiger partial charge in [0, 0.05) is 23.2 Å². The molecule has 2 rings (SSSR count). The Morgan fingerprint density at radius 3 is 2.46 bits per heavy atom. The summed E-state index contributed by atoms with van der Waals surface area (Å²) < 4.78 is 5.54. The first kappa shape index (κ1) is 19.9. The third-order valence-corrected chi connectivity index (χ3v) is 4.29. The minimum absolute atomic E-state index is 0.148. The second-order valence-electron chi connectivity index (χ2n) is 7.74. The molecule has 1 saturated carbocycles. The van der Waals surface area contributed by atoms with Crippen molar-refractivity contribution in [3.05, 3.63) is 39.9 Å². The van der Waals surface area contributed by atoms with Gasteiger partial charge in [0.25, 0.3) is 11.6 Å². The topological polar surface area (TPSA) is 98.5 Å². The molecular formula is C19H26N2O5. The third kappa shape index (κ3) is 5.54. The lowest BCUT2D eigenvalue weighted by Gasteiger charge is -2.27. The van der Waals surface area contributed by atoms with Crippen LogP contribution < -0.4 is 5.32 Å². The zero-order valence-electron chi connectivity index (χ0n) is 15.5. The molecule has 0 heterocycles. The number of nitro benzene ring substituents is 1. The number of nitro groups is 1. The normalized spacial score (nSPS) is 16.6. The molecule has 1 amide bonds. The van der Waals surface area contributed by atoms with Gasteiger partial charge in [-0.25, -0.2) is 0 Å². The number of amides is 1. The van der Waals surface area contributed by atoms with Gasteiger partial charge < -0.3 is 10.1 Å². The molecule has 142 valence electrons. The molecule has 1 fully saturated rings. The molecule has 1 atom stereocenters. The summed E-state index contributed by atoms with van der Waals surface area (Å²) >= 11 is 0. The van der Waals surface area contributed by atoms with Crippen molar-refractivity contribution in [3.8, 4) is 0 Å². The van der Waals surface area contributed by atoms with Gasteiger partial charge in [0.2, 0.25) is 6.10 Å². The Bertz CT molecular complexity index is 675. The van der Waals surface area contributed by atoms with Crippen molar-refractivity contribution >= 4 is 17.6 Å². The van der Waals surface area contributed by atoms with Gasteiger partial charge in [0.1, 0.15) is 0 Å². The SMILES string of the molecule is CC(C)(C)NC(=O)C(OC(=O)C1CCCCC1)c1cccc([N+](=O)[O-])c1. The fourth-order valence-corrected chi connectivity index (χ4v) is 3.06. The fourth-order valence-electron chi connectivity index (χ4n) is 3.06. The zero-order chi connectivity index (χ0) is 19.3. The predicted octanol–water partition coefficient (Wildman–Crippen LogP) is 3.67. The van der Waals surface area contributed by atoms with Gasteiger partial charge in [-0.3, -0.25) is 19.7 Å². The monoisotopic (exact) mass is 362 g/mol. The standard InChI is InChI=1S/C19H26N2O5/c1-19(2,3)20-17(22)16(14-10-7-11-15(12-14)21(24)25)26-18(23)13-8-5-4-6-9-13/h7,10-13,16H,4-6,8-9H2,1-3H3,(H,20,22). The molecule has 1 aliphatic carbocycles. The molecule has 0 radical (unpaired) electrons. The molecule has 7 nitrogen and oxygen atoms in total. The highest BCUT2D eigenvalue weighted by molar-refractivity contribution is 5.86. The number of carbonyl (C=O) groups excluding carboxylic acids is 2. The summed E-state index contributed by atoms with van der Waals surface area (Å²) in [4.78, 5) is 35.7. The Kier molecular flexibility index (Phi) is 6.34. The van der Waals surface area contributed by atoms with Gasteiger partial charge >= 0.3 is 5.97 Å². The van der Waals surface area contributed by atoms with E-state index in [1.807, 2.05) is 20.8 Å². The van der Waals surface area contributed by atoms with E-state index in [0.717, 1.165) is 32.1 Å². The van der Waals surface area contributed by atoms with E-state index in [-0.39, 0.29) is 11.6 Å². The quantitative estimate of drug-likeness (QED) is 0.489. The van der Waals surface area contributed by atoms with Gasteiger partial charge in [-0.2, -0.15) is 0 Å². The van der Waals surface area contributed by atoms with Crippen LogP contribution in [0.25, 0.3) is 0 Å². The first-order valence-corrected chi connectivity index (χ1v) is 8.94. The van der Waals surface area contributed by atoms with E-state index >= 15 is 0 Å². The van der Waals surface area contributed by atoms with Crippen molar-refractivity contribution in [2.45, 2.75) is 64.5 Å². The van der Waals surface area contributed by atoms with Crippen LogP contribution in [0.5, 0.6) is 0 Å². The second-order valence-corrected chi connectivity index (χ2v) is 7.74. The van der Waals surface area contributed by atoms with Crippen molar-refractivity contribution in [2.24, 2.45) is 5.92 Å². The molecule has 0 spiro atoms. The number of nitrogens with zero attached hydrogens (tertiary/aromatic N) is 1. The van der Waals surface area contributed by atoms with Crippen LogP contribution in [0, 0.1) is 16.0 Å². The number of benzene rings is 1. The van der Waals surface area contributed by atoms with Gasteiger partial charge in [-0.1, -0.05) is 31.4 Å². The van der Waals surface area contributed by atoms with Crippen LogP contribution in [-0.4, -0.2) is 22.3 Å². The van der Waals surface area contributed by atoms with Crippen molar-refractivity contribution in [1.29, 1.82) is 0 Å². The first-order chi connectivity index (χ1) is 12.2. The number of hydrogen-bond acceptors (Lipinski definition) is 5. The van der Waals surface area contributed by atoms with Crippen LogP contribution >= 0.6 is 0 Å². The number of nitrogens with one attached hydrogen (secondary N) is 1. The van der Waals surface area contributed by atoms with Gasteiger partial charge in [0.15, 0.2) is 0 Å². The fraction of sp³-hybridized carbons (Fsp3) is 0.579. The maximum absolute atomic E-state index is 12.7. The summed E-state index contributed by atoms with van der Waals surface area (Å²) in [6.07, 6.45) is 3.33. The predicted molar refractivity (Wildman–Crippen MR) is 96.4 cm³/mol. The van der Waals surface area contributed by atoms with E-state index in [1.165, 1.54) is 18.2 Å². The van der Waals surface area contributed by atoms with Crippen LogP contribution in [0.1, 0.15) is 64.5 Å². The number of ether oxygens (including phenoxy) is 1. The Morgan fingerprint density at radius 1 is 1.23 bits per heavy atom. The van der Waals surface area contributed by atoms with E-state index in [2.05, 4.69) is 5.32 Å². The number of hydrogen-bond donors (Lipinski definition) is 1. The van der Waals surface area contributed by atoms with E-state index in [0.29, 0.717) is 5.56 Å². The Balaban J connectivity index is 2.26. The molecule has 1 unspecified atom stereocenters. The molecule has 7 heteroatoms. The van der Waals surface area contributed by atoms with Gasteiger partial charge in [-0.05, 0) is 33.6 Å². The molecule has 0 aliphatic heterocycles. The molecule has 1 aliphatic rings. The summed E-state index contributed by atoms with van der Waals surface area (Å²) in [6.45, 7) is 5.45. The molecule has 0 saturated heterocycles. The Labute approximate surface area is 153 Å². The average Bonchev–Trinajstić information content (AvgIpc) is 2.58. The molecule has 1 N–H and O–H groups in total. The van der Waals surface area contributed by atoms with Crippen LogP contribution in [0.3, 0.4) is 0 Å². The van der Waals surface area contributed by atoms with Crippen LogP contribution in [0.4, 0.5) is 5.69 Å². The third-order valence-electron chi connectivity index (χ3n) is 4.29. The van der Waals surface area contributed by atoms with Crippen LogP contribution in [0.15, 0.2) is 24.3 Å².